The number of carbonyl (C=O) groups is 1. The van der Waals surface area contributed by atoms with Gasteiger partial charge in [-0.1, -0.05) is 42.5 Å². The van der Waals surface area contributed by atoms with Crippen molar-refractivity contribution in [3.63, 3.8) is 0 Å². The molecule has 35 heavy (non-hydrogen) atoms. The van der Waals surface area contributed by atoms with E-state index in [1.54, 1.807) is 0 Å². The van der Waals surface area contributed by atoms with Crippen LogP contribution in [0.4, 0.5) is 0 Å². The fourth-order valence-corrected chi connectivity index (χ4v) is 4.03. The van der Waals surface area contributed by atoms with Crippen molar-refractivity contribution in [2.75, 3.05) is 19.8 Å². The highest BCUT2D eigenvalue weighted by Gasteiger charge is 2.11. The second-order valence-corrected chi connectivity index (χ2v) is 8.69. The zero-order valence-corrected chi connectivity index (χ0v) is 20.5. The van der Waals surface area contributed by atoms with Crippen LogP contribution in [0.25, 0.3) is 11.0 Å². The Kier molecular flexibility index (Phi) is 8.39. The van der Waals surface area contributed by atoms with Crippen molar-refractivity contribution in [1.29, 1.82) is 0 Å². The summed E-state index contributed by atoms with van der Waals surface area (Å²) in [4.78, 5) is 17.1. The molecule has 1 heterocycles. The summed E-state index contributed by atoms with van der Waals surface area (Å²) in [6, 6.07) is 24.1. The van der Waals surface area contributed by atoms with Gasteiger partial charge in [0.05, 0.1) is 17.6 Å². The number of aryl methyl sites for hydroxylation is 4. The van der Waals surface area contributed by atoms with Crippen molar-refractivity contribution in [3.8, 4) is 11.5 Å². The highest BCUT2D eigenvalue weighted by Crippen LogP contribution is 2.19. The lowest BCUT2D eigenvalue weighted by Crippen LogP contribution is -2.30. The maximum Gasteiger partial charge on any atom is 0.257 e. The highest BCUT2D eigenvalue weighted by molar-refractivity contribution is 5.77. The molecule has 0 unspecified atom stereocenters. The molecule has 0 saturated carbocycles. The molecular formula is C29H33N3O3. The Balaban J connectivity index is 1.26. The van der Waals surface area contributed by atoms with Gasteiger partial charge in [0.1, 0.15) is 17.3 Å². The lowest BCUT2D eigenvalue weighted by atomic mass is 10.1. The summed E-state index contributed by atoms with van der Waals surface area (Å²) in [6.07, 6.45) is 2.47. The Bertz CT molecular complexity index is 1250. The molecular weight excluding hydrogens is 438 g/mol. The summed E-state index contributed by atoms with van der Waals surface area (Å²) in [5.74, 6) is 2.56. The van der Waals surface area contributed by atoms with E-state index >= 15 is 0 Å². The first-order chi connectivity index (χ1) is 17.1. The third kappa shape index (κ3) is 6.85. The van der Waals surface area contributed by atoms with Crippen LogP contribution in [0.1, 0.15) is 29.8 Å². The van der Waals surface area contributed by atoms with E-state index in [4.69, 9.17) is 14.5 Å². The number of carbonyl (C=O) groups excluding carboxylic acids is 1. The van der Waals surface area contributed by atoms with E-state index in [9.17, 15) is 4.79 Å². The van der Waals surface area contributed by atoms with E-state index in [0.717, 1.165) is 65.3 Å². The number of aromatic nitrogens is 2. The summed E-state index contributed by atoms with van der Waals surface area (Å²) in [7, 11) is 0. The van der Waals surface area contributed by atoms with Gasteiger partial charge in [-0.05, 0) is 68.1 Å². The average Bonchev–Trinajstić information content (AvgIpc) is 3.23. The van der Waals surface area contributed by atoms with E-state index in [1.165, 1.54) is 0 Å². The summed E-state index contributed by atoms with van der Waals surface area (Å²) in [5.41, 5.74) is 4.27. The second-order valence-electron chi connectivity index (χ2n) is 8.69. The monoisotopic (exact) mass is 471 g/mol. The van der Waals surface area contributed by atoms with E-state index in [2.05, 4.69) is 16.0 Å². The smallest absolute Gasteiger partial charge is 0.257 e. The van der Waals surface area contributed by atoms with E-state index in [-0.39, 0.29) is 12.5 Å². The van der Waals surface area contributed by atoms with Gasteiger partial charge in [-0.15, -0.1) is 0 Å². The maximum atomic E-state index is 12.3. The molecule has 0 radical (unpaired) electrons. The molecule has 1 aromatic heterocycles. The molecule has 0 saturated heterocycles. The lowest BCUT2D eigenvalue weighted by Gasteiger charge is -2.12. The molecule has 0 aliphatic carbocycles. The van der Waals surface area contributed by atoms with Gasteiger partial charge >= 0.3 is 0 Å². The summed E-state index contributed by atoms with van der Waals surface area (Å²) in [6.45, 7) is 6.06. The second kappa shape index (κ2) is 12.1. The molecule has 1 N–H and O–H groups in total. The van der Waals surface area contributed by atoms with Crippen molar-refractivity contribution in [3.05, 3.63) is 89.7 Å². The van der Waals surface area contributed by atoms with Crippen molar-refractivity contribution in [2.24, 2.45) is 0 Å². The van der Waals surface area contributed by atoms with Crippen LogP contribution in [-0.4, -0.2) is 35.2 Å². The Morgan fingerprint density at radius 3 is 2.60 bits per heavy atom. The average molecular weight is 472 g/mol. The largest absolute Gasteiger partial charge is 0.494 e. The molecule has 0 atom stereocenters. The Labute approximate surface area is 206 Å². The van der Waals surface area contributed by atoms with Crippen LogP contribution in [-0.2, 0) is 17.8 Å². The van der Waals surface area contributed by atoms with Gasteiger partial charge in [0, 0.05) is 19.5 Å². The lowest BCUT2D eigenvalue weighted by molar-refractivity contribution is -0.123. The van der Waals surface area contributed by atoms with Gasteiger partial charge in [-0.25, -0.2) is 4.98 Å². The first-order valence-corrected chi connectivity index (χ1v) is 12.2. The van der Waals surface area contributed by atoms with Crippen LogP contribution in [0, 0.1) is 13.8 Å². The van der Waals surface area contributed by atoms with Gasteiger partial charge in [0.15, 0.2) is 6.61 Å². The van der Waals surface area contributed by atoms with Crippen LogP contribution in [0.15, 0.2) is 72.8 Å². The minimum absolute atomic E-state index is 0.0181. The number of para-hydroxylation sites is 3. The topological polar surface area (TPSA) is 65.4 Å². The SMILES string of the molecule is Cc1ccc(C)c(OCC(=O)NCCCc2nc3ccccc3n2CCCOc2ccccc2)c1. The predicted molar refractivity (Wildman–Crippen MR) is 139 cm³/mol. The number of amides is 1. The summed E-state index contributed by atoms with van der Waals surface area (Å²) in [5, 5.41) is 2.96. The molecule has 0 bridgehead atoms. The molecule has 0 spiro atoms. The van der Waals surface area contributed by atoms with Gasteiger partial charge in [-0.2, -0.15) is 0 Å². The number of rotatable bonds is 12. The number of nitrogens with zero attached hydrogens (tertiary/aromatic N) is 2. The van der Waals surface area contributed by atoms with E-state index in [0.29, 0.717) is 13.2 Å². The first kappa shape index (κ1) is 24.3. The molecule has 4 aromatic rings. The third-order valence-electron chi connectivity index (χ3n) is 5.87. The first-order valence-electron chi connectivity index (χ1n) is 12.2. The fourth-order valence-electron chi connectivity index (χ4n) is 4.03. The fraction of sp³-hybridized carbons (Fsp3) is 0.310. The number of benzene rings is 3. The number of hydrogen-bond acceptors (Lipinski definition) is 4. The zero-order valence-electron chi connectivity index (χ0n) is 20.5. The van der Waals surface area contributed by atoms with Crippen LogP contribution in [0.3, 0.4) is 0 Å². The molecule has 6 nitrogen and oxygen atoms in total. The van der Waals surface area contributed by atoms with Crippen LogP contribution >= 0.6 is 0 Å². The van der Waals surface area contributed by atoms with Crippen molar-refractivity contribution < 1.29 is 14.3 Å². The van der Waals surface area contributed by atoms with Crippen LogP contribution in [0.2, 0.25) is 0 Å². The van der Waals surface area contributed by atoms with Gasteiger partial charge in [0.2, 0.25) is 0 Å². The Morgan fingerprint density at radius 2 is 1.74 bits per heavy atom. The Hall–Kier alpha value is -3.80. The minimum atomic E-state index is -0.113. The standard InChI is InChI=1S/C29H33N3O3/c1-22-15-16-23(2)27(20-22)35-21-29(33)30-17-8-14-28-31-25-12-6-7-13-26(25)32(28)18-9-19-34-24-10-4-3-5-11-24/h3-7,10-13,15-16,20H,8-9,14,17-19,21H2,1-2H3,(H,30,33). The zero-order chi connectivity index (χ0) is 24.5. The Morgan fingerprint density at radius 1 is 0.943 bits per heavy atom. The molecule has 6 heteroatoms. The number of hydrogen-bond donors (Lipinski definition) is 1. The van der Waals surface area contributed by atoms with Gasteiger partial charge < -0.3 is 19.4 Å². The van der Waals surface area contributed by atoms with Crippen LogP contribution in [0.5, 0.6) is 11.5 Å². The molecule has 1 amide bonds. The molecule has 4 rings (SSSR count). The molecule has 182 valence electrons. The quantitative estimate of drug-likeness (QED) is 0.287. The van der Waals surface area contributed by atoms with E-state index < -0.39 is 0 Å². The molecule has 0 fully saturated rings. The predicted octanol–water partition coefficient (Wildman–Crippen LogP) is 5.25. The third-order valence-corrected chi connectivity index (χ3v) is 5.87. The molecule has 0 aliphatic heterocycles. The van der Waals surface area contributed by atoms with Crippen molar-refractivity contribution >= 4 is 16.9 Å². The van der Waals surface area contributed by atoms with Crippen molar-refractivity contribution in [2.45, 2.75) is 39.7 Å². The normalized spacial score (nSPS) is 10.9. The minimum Gasteiger partial charge on any atom is -0.494 e. The molecule has 0 aliphatic rings. The highest BCUT2D eigenvalue weighted by atomic mass is 16.5. The maximum absolute atomic E-state index is 12.3. The number of imidazole rings is 1. The van der Waals surface area contributed by atoms with Crippen molar-refractivity contribution in [1.82, 2.24) is 14.9 Å². The number of fused-ring (bicyclic) bond motifs is 1. The van der Waals surface area contributed by atoms with Crippen LogP contribution < -0.4 is 14.8 Å². The number of nitrogens with one attached hydrogen (secondary N) is 1. The van der Waals surface area contributed by atoms with E-state index in [1.807, 2.05) is 80.6 Å². The summed E-state index contributed by atoms with van der Waals surface area (Å²) < 4.78 is 13.8. The summed E-state index contributed by atoms with van der Waals surface area (Å²) >= 11 is 0. The number of ether oxygens (including phenoxy) is 2. The van der Waals surface area contributed by atoms with Gasteiger partial charge in [0.25, 0.3) is 5.91 Å². The van der Waals surface area contributed by atoms with Gasteiger partial charge in [-0.3, -0.25) is 4.79 Å². The molecule has 3 aromatic carbocycles.